The third kappa shape index (κ3) is 6.31. The van der Waals surface area contributed by atoms with Crippen LogP contribution in [0.25, 0.3) is 6.08 Å². The Bertz CT molecular complexity index is 822. The fourth-order valence-electron chi connectivity index (χ4n) is 2.03. The van der Waals surface area contributed by atoms with Crippen molar-refractivity contribution in [2.75, 3.05) is 13.2 Å². The maximum atomic E-state index is 13.6. The van der Waals surface area contributed by atoms with Gasteiger partial charge in [-0.05, 0) is 37.3 Å². The number of amides is 2. The molecule has 0 aromatic heterocycles. The summed E-state index contributed by atoms with van der Waals surface area (Å²) >= 11 is 5.86. The normalized spacial score (nSPS) is 10.5. The molecule has 0 saturated heterocycles. The van der Waals surface area contributed by atoms with Gasteiger partial charge in [-0.25, -0.2) is 4.39 Å². The Balaban J connectivity index is 1.82. The topological polar surface area (TPSA) is 76.7 Å². The third-order valence-corrected chi connectivity index (χ3v) is 3.56. The molecule has 2 amide bonds. The molecule has 0 fully saturated rings. The van der Waals surface area contributed by atoms with E-state index < -0.39 is 17.6 Å². The quantitative estimate of drug-likeness (QED) is 0.560. The molecule has 0 atom stereocenters. The lowest BCUT2D eigenvalue weighted by molar-refractivity contribution is -0.128. The van der Waals surface area contributed by atoms with Crippen LogP contribution in [-0.4, -0.2) is 25.0 Å². The summed E-state index contributed by atoms with van der Waals surface area (Å²) in [6, 6.07) is 11.1. The Kier molecular flexibility index (Phi) is 7.63. The van der Waals surface area contributed by atoms with E-state index in [0.29, 0.717) is 18.1 Å². The van der Waals surface area contributed by atoms with Gasteiger partial charge in [0.2, 0.25) is 0 Å². The fourth-order valence-corrected chi connectivity index (χ4v) is 2.25. The number of hydrogen-bond acceptors (Lipinski definition) is 4. The molecule has 27 heavy (non-hydrogen) atoms. The minimum absolute atomic E-state index is 0.0801. The average Bonchev–Trinajstić information content (AvgIpc) is 2.65. The van der Waals surface area contributed by atoms with Crippen molar-refractivity contribution in [3.8, 4) is 11.5 Å². The van der Waals surface area contributed by atoms with Gasteiger partial charge in [0.1, 0.15) is 5.82 Å². The fraction of sp³-hybridized carbons (Fsp3) is 0.158. The lowest BCUT2D eigenvalue weighted by atomic mass is 10.2. The van der Waals surface area contributed by atoms with Gasteiger partial charge in [-0.1, -0.05) is 29.8 Å². The van der Waals surface area contributed by atoms with Crippen LogP contribution in [-0.2, 0) is 9.59 Å². The standard InChI is InChI=1S/C19H18ClFN2O4/c1-2-26-16-8-3-4-9-17(16)27-12-19(25)23-22-18(24)11-10-13-14(20)6-5-7-15(13)21/h3-11H,2,12H2,1H3,(H,22,24)(H,23,25)/b11-10+. The number of halogens is 2. The van der Waals surface area contributed by atoms with Gasteiger partial charge in [0.15, 0.2) is 18.1 Å². The monoisotopic (exact) mass is 392 g/mol. The van der Waals surface area contributed by atoms with Crippen LogP contribution in [0.2, 0.25) is 5.02 Å². The number of para-hydroxylation sites is 2. The van der Waals surface area contributed by atoms with E-state index in [1.54, 1.807) is 24.3 Å². The van der Waals surface area contributed by atoms with Crippen molar-refractivity contribution in [1.82, 2.24) is 10.9 Å². The highest BCUT2D eigenvalue weighted by molar-refractivity contribution is 6.32. The van der Waals surface area contributed by atoms with Crippen molar-refractivity contribution < 1.29 is 23.5 Å². The van der Waals surface area contributed by atoms with Crippen molar-refractivity contribution in [1.29, 1.82) is 0 Å². The van der Waals surface area contributed by atoms with Gasteiger partial charge in [-0.2, -0.15) is 0 Å². The highest BCUT2D eigenvalue weighted by atomic mass is 35.5. The second-order valence-electron chi connectivity index (χ2n) is 5.17. The van der Waals surface area contributed by atoms with Crippen molar-refractivity contribution >= 4 is 29.5 Å². The molecule has 2 aromatic rings. The van der Waals surface area contributed by atoms with Crippen LogP contribution in [0.4, 0.5) is 4.39 Å². The summed E-state index contributed by atoms with van der Waals surface area (Å²) in [4.78, 5) is 23.5. The number of carbonyl (C=O) groups excluding carboxylic acids is 2. The molecule has 0 unspecified atom stereocenters. The first kappa shape index (κ1) is 20.3. The first-order valence-electron chi connectivity index (χ1n) is 8.06. The molecule has 0 radical (unpaired) electrons. The molecular weight excluding hydrogens is 375 g/mol. The average molecular weight is 393 g/mol. The second-order valence-corrected chi connectivity index (χ2v) is 5.58. The predicted octanol–water partition coefficient (Wildman–Crippen LogP) is 3.12. The summed E-state index contributed by atoms with van der Waals surface area (Å²) in [7, 11) is 0. The first-order chi connectivity index (χ1) is 13.0. The van der Waals surface area contributed by atoms with Gasteiger partial charge in [-0.3, -0.25) is 20.4 Å². The summed E-state index contributed by atoms with van der Waals surface area (Å²) in [5.41, 5.74) is 4.43. The minimum Gasteiger partial charge on any atom is -0.490 e. The van der Waals surface area contributed by atoms with Gasteiger partial charge < -0.3 is 9.47 Å². The van der Waals surface area contributed by atoms with Gasteiger partial charge in [0.05, 0.1) is 11.6 Å². The van der Waals surface area contributed by atoms with Crippen LogP contribution in [0.15, 0.2) is 48.5 Å². The summed E-state index contributed by atoms with van der Waals surface area (Å²) < 4.78 is 24.4. The molecule has 2 aromatic carbocycles. The molecule has 0 heterocycles. The number of rotatable bonds is 7. The van der Waals surface area contributed by atoms with Crippen LogP contribution >= 0.6 is 11.6 Å². The molecule has 2 rings (SSSR count). The summed E-state index contributed by atoms with van der Waals surface area (Å²) in [5, 5.41) is 0.171. The van der Waals surface area contributed by atoms with E-state index >= 15 is 0 Å². The highest BCUT2D eigenvalue weighted by Crippen LogP contribution is 2.26. The van der Waals surface area contributed by atoms with E-state index in [1.165, 1.54) is 24.3 Å². The zero-order valence-corrected chi connectivity index (χ0v) is 15.3. The zero-order valence-electron chi connectivity index (χ0n) is 14.5. The molecular formula is C19H18ClFN2O4. The van der Waals surface area contributed by atoms with Crippen molar-refractivity contribution in [2.45, 2.75) is 6.92 Å². The molecule has 0 saturated carbocycles. The molecule has 0 aliphatic heterocycles. The summed E-state index contributed by atoms with van der Waals surface area (Å²) in [5.74, 6) is -0.863. The van der Waals surface area contributed by atoms with Gasteiger partial charge >= 0.3 is 0 Å². The molecule has 142 valence electrons. The van der Waals surface area contributed by atoms with E-state index in [4.69, 9.17) is 21.1 Å². The molecule has 8 heteroatoms. The largest absolute Gasteiger partial charge is 0.490 e. The van der Waals surface area contributed by atoms with E-state index in [-0.39, 0.29) is 17.2 Å². The molecule has 0 aliphatic carbocycles. The van der Waals surface area contributed by atoms with Gasteiger partial charge in [0, 0.05) is 11.6 Å². The number of carbonyl (C=O) groups is 2. The molecule has 2 N–H and O–H groups in total. The van der Waals surface area contributed by atoms with E-state index in [2.05, 4.69) is 10.9 Å². The van der Waals surface area contributed by atoms with Crippen molar-refractivity contribution in [3.05, 3.63) is 64.9 Å². The first-order valence-corrected chi connectivity index (χ1v) is 8.44. The van der Waals surface area contributed by atoms with Crippen molar-refractivity contribution in [3.63, 3.8) is 0 Å². The number of nitrogens with one attached hydrogen (secondary N) is 2. The lowest BCUT2D eigenvalue weighted by Gasteiger charge is -2.11. The Morgan fingerprint density at radius 1 is 1.07 bits per heavy atom. The van der Waals surface area contributed by atoms with Gasteiger partial charge in [0.25, 0.3) is 11.8 Å². The Hall–Kier alpha value is -3.06. The number of hydrazine groups is 1. The zero-order chi connectivity index (χ0) is 19.6. The number of hydrogen-bond donors (Lipinski definition) is 2. The van der Waals surface area contributed by atoms with E-state index in [0.717, 1.165) is 6.08 Å². The van der Waals surface area contributed by atoms with Crippen LogP contribution < -0.4 is 20.3 Å². The SMILES string of the molecule is CCOc1ccccc1OCC(=O)NNC(=O)/C=C/c1c(F)cccc1Cl. The third-order valence-electron chi connectivity index (χ3n) is 3.23. The molecule has 0 spiro atoms. The predicted molar refractivity (Wildman–Crippen MR) is 99.8 cm³/mol. The Morgan fingerprint density at radius 3 is 2.44 bits per heavy atom. The molecule has 0 aliphatic rings. The number of ether oxygens (including phenoxy) is 2. The smallest absolute Gasteiger partial charge is 0.276 e. The van der Waals surface area contributed by atoms with Crippen LogP contribution in [0, 0.1) is 5.82 Å². The summed E-state index contributed by atoms with van der Waals surface area (Å²) in [6.45, 7) is 1.97. The molecule has 0 bridgehead atoms. The van der Waals surface area contributed by atoms with Gasteiger partial charge in [-0.15, -0.1) is 0 Å². The van der Waals surface area contributed by atoms with Crippen molar-refractivity contribution in [2.24, 2.45) is 0 Å². The number of benzene rings is 2. The maximum absolute atomic E-state index is 13.6. The maximum Gasteiger partial charge on any atom is 0.276 e. The highest BCUT2D eigenvalue weighted by Gasteiger charge is 2.08. The van der Waals surface area contributed by atoms with E-state index in [1.807, 2.05) is 6.92 Å². The van der Waals surface area contributed by atoms with Crippen LogP contribution in [0.5, 0.6) is 11.5 Å². The summed E-state index contributed by atoms with van der Waals surface area (Å²) in [6.07, 6.45) is 2.27. The van der Waals surface area contributed by atoms with Crippen LogP contribution in [0.1, 0.15) is 12.5 Å². The Labute approximate surface area is 160 Å². The minimum atomic E-state index is -0.655. The second kappa shape index (κ2) is 10.2. The molecule has 6 nitrogen and oxygen atoms in total. The lowest BCUT2D eigenvalue weighted by Crippen LogP contribution is -2.43. The Morgan fingerprint density at radius 2 is 1.78 bits per heavy atom. The van der Waals surface area contributed by atoms with E-state index in [9.17, 15) is 14.0 Å². The van der Waals surface area contributed by atoms with Crippen LogP contribution in [0.3, 0.4) is 0 Å².